The highest BCUT2D eigenvalue weighted by Crippen LogP contribution is 2.08. The molecule has 3 nitrogen and oxygen atoms in total. The van der Waals surface area contributed by atoms with Gasteiger partial charge in [-0.15, -0.1) is 0 Å². The van der Waals surface area contributed by atoms with Crippen LogP contribution in [0, 0.1) is 6.92 Å². The van der Waals surface area contributed by atoms with Crippen LogP contribution in [-0.4, -0.2) is 39.0 Å². The van der Waals surface area contributed by atoms with Gasteiger partial charge in [0.05, 0.1) is 6.54 Å². The molecule has 2 unspecified atom stereocenters. The number of aliphatic hydroxyl groups is 1. The molecule has 4 heteroatoms. The van der Waals surface area contributed by atoms with E-state index in [1.165, 1.54) is 0 Å². The molecule has 0 saturated carbocycles. The summed E-state index contributed by atoms with van der Waals surface area (Å²) in [6.45, 7) is 4.11. The Morgan fingerprint density at radius 3 is 2.67 bits per heavy atom. The van der Waals surface area contributed by atoms with Gasteiger partial charge < -0.3 is 9.66 Å². The second-order valence-electron chi connectivity index (χ2n) is 2.07. The van der Waals surface area contributed by atoms with Crippen LogP contribution < -0.4 is 0 Å². The molecular weight excluding hydrogens is 138 g/mol. The molecule has 0 aromatic heterocycles. The largest absolute Gasteiger partial charge is 0.615 e. The first-order chi connectivity index (χ1) is 4.20. The molecule has 0 aromatic rings. The fourth-order valence-electron chi connectivity index (χ4n) is 0.768. The first-order valence-electron chi connectivity index (χ1n) is 2.80. The summed E-state index contributed by atoms with van der Waals surface area (Å²) in [4.78, 5) is 1.69. The van der Waals surface area contributed by atoms with Gasteiger partial charge in [0.1, 0.15) is 12.0 Å². The predicted octanol–water partition coefficient (Wildman–Crippen LogP) is -0.839. The van der Waals surface area contributed by atoms with E-state index in [0.717, 1.165) is 0 Å². The second kappa shape index (κ2) is 2.88. The summed E-state index contributed by atoms with van der Waals surface area (Å²) in [7, 11) is 0. The third kappa shape index (κ3) is 1.82. The number of hydrogen-bond acceptors (Lipinski definition) is 3. The van der Waals surface area contributed by atoms with Crippen LogP contribution in [0.3, 0.4) is 0 Å². The molecule has 0 aliphatic carbocycles. The zero-order valence-corrected chi connectivity index (χ0v) is 5.93. The molecule has 1 N–H and O–H groups in total. The lowest BCUT2D eigenvalue weighted by Gasteiger charge is -2.14. The van der Waals surface area contributed by atoms with Crippen molar-refractivity contribution in [2.24, 2.45) is 0 Å². The lowest BCUT2D eigenvalue weighted by Crippen LogP contribution is -2.30. The van der Waals surface area contributed by atoms with Gasteiger partial charge in [-0.3, -0.25) is 0 Å². The van der Waals surface area contributed by atoms with E-state index in [4.69, 9.17) is 5.11 Å². The highest BCUT2D eigenvalue weighted by molar-refractivity contribution is 7.91. The zero-order valence-electron chi connectivity index (χ0n) is 5.12. The van der Waals surface area contributed by atoms with E-state index >= 15 is 0 Å². The van der Waals surface area contributed by atoms with Crippen LogP contribution in [0.25, 0.3) is 0 Å². The Balaban J connectivity index is 2.30. The number of aliphatic hydroxyl groups excluding tert-OH is 1. The van der Waals surface area contributed by atoms with E-state index in [2.05, 4.69) is 6.92 Å². The van der Waals surface area contributed by atoms with Crippen LogP contribution in [0.2, 0.25) is 0 Å². The molecule has 1 saturated heterocycles. The van der Waals surface area contributed by atoms with Gasteiger partial charge in [-0.05, 0) is 18.1 Å². The van der Waals surface area contributed by atoms with Crippen molar-refractivity contribution < 1.29 is 9.66 Å². The first-order valence-corrected chi connectivity index (χ1v) is 4.29. The fourth-order valence-corrected chi connectivity index (χ4v) is 2.01. The van der Waals surface area contributed by atoms with Crippen LogP contribution in [0.15, 0.2) is 0 Å². The van der Waals surface area contributed by atoms with Gasteiger partial charge in [0.15, 0.2) is 5.88 Å². The minimum absolute atomic E-state index is 0.477. The molecule has 0 spiro atoms. The van der Waals surface area contributed by atoms with Crippen molar-refractivity contribution in [2.45, 2.75) is 6.23 Å². The molecule has 0 bridgehead atoms. The molecule has 53 valence electrons. The molecule has 1 aliphatic rings. The van der Waals surface area contributed by atoms with Gasteiger partial charge in [-0.2, -0.15) is 0 Å². The summed E-state index contributed by atoms with van der Waals surface area (Å²) in [6, 6.07) is 0. The summed E-state index contributed by atoms with van der Waals surface area (Å²) >= 11 is -0.748. The van der Waals surface area contributed by atoms with Crippen molar-refractivity contribution in [3.8, 4) is 0 Å². The lowest BCUT2D eigenvalue weighted by molar-refractivity contribution is 0.0643. The highest BCUT2D eigenvalue weighted by atomic mass is 32.2. The number of nitrogens with zero attached hydrogens (tertiary/aromatic N) is 1. The van der Waals surface area contributed by atoms with E-state index < -0.39 is 17.4 Å². The van der Waals surface area contributed by atoms with E-state index in [1.54, 1.807) is 4.90 Å². The second-order valence-corrected chi connectivity index (χ2v) is 3.61. The molecule has 1 rings (SSSR count). The highest BCUT2D eigenvalue weighted by Gasteiger charge is 2.25. The third-order valence-corrected chi connectivity index (χ3v) is 2.60. The SMILES string of the molecule is [CH2]C(O)N1CC[S+]([O-])C1. The average molecular weight is 148 g/mol. The van der Waals surface area contributed by atoms with Crippen LogP contribution in [0.4, 0.5) is 0 Å². The maximum Gasteiger partial charge on any atom is 0.161 e. The van der Waals surface area contributed by atoms with E-state index in [-0.39, 0.29) is 0 Å². The smallest absolute Gasteiger partial charge is 0.161 e. The molecule has 1 aliphatic heterocycles. The van der Waals surface area contributed by atoms with Crippen LogP contribution in [0.1, 0.15) is 0 Å². The molecule has 1 radical (unpaired) electrons. The molecular formula is C5H10NO2S. The maximum atomic E-state index is 10.7. The van der Waals surface area contributed by atoms with Gasteiger partial charge in [-0.25, -0.2) is 4.90 Å². The van der Waals surface area contributed by atoms with Gasteiger partial charge in [0.25, 0.3) is 0 Å². The Hall–Kier alpha value is 0.230. The number of hydrogen-bond donors (Lipinski definition) is 1. The minimum Gasteiger partial charge on any atom is -0.615 e. The van der Waals surface area contributed by atoms with Crippen molar-refractivity contribution in [1.82, 2.24) is 4.90 Å². The number of rotatable bonds is 1. The van der Waals surface area contributed by atoms with E-state index in [1.807, 2.05) is 0 Å². The van der Waals surface area contributed by atoms with Crippen molar-refractivity contribution in [3.63, 3.8) is 0 Å². The Bertz CT molecular complexity index is 99.0. The summed E-state index contributed by atoms with van der Waals surface area (Å²) in [5, 5.41) is 8.85. The zero-order chi connectivity index (χ0) is 6.85. The molecule has 9 heavy (non-hydrogen) atoms. The van der Waals surface area contributed by atoms with Crippen molar-refractivity contribution >= 4 is 11.2 Å². The average Bonchev–Trinajstić information content (AvgIpc) is 2.14. The normalized spacial score (nSPS) is 33.0. The molecule has 1 fully saturated rings. The summed E-state index contributed by atoms with van der Waals surface area (Å²) in [6.07, 6.45) is -0.684. The first kappa shape index (κ1) is 7.34. The standard InChI is InChI=1S/C5H10NO2S/c1-5(7)6-2-3-9(8)4-6/h5,7H,1-4H2. The van der Waals surface area contributed by atoms with E-state index in [0.29, 0.717) is 18.2 Å². The van der Waals surface area contributed by atoms with Crippen molar-refractivity contribution in [1.29, 1.82) is 0 Å². The minimum atomic E-state index is -0.748. The predicted molar refractivity (Wildman–Crippen MR) is 35.9 cm³/mol. The summed E-state index contributed by atoms with van der Waals surface area (Å²) in [5.41, 5.74) is 0. The van der Waals surface area contributed by atoms with Crippen molar-refractivity contribution in [2.75, 3.05) is 18.2 Å². The van der Waals surface area contributed by atoms with E-state index in [9.17, 15) is 4.55 Å². The Morgan fingerprint density at radius 1 is 1.78 bits per heavy atom. The van der Waals surface area contributed by atoms with Crippen molar-refractivity contribution in [3.05, 3.63) is 6.92 Å². The Labute approximate surface area is 57.8 Å². The quantitative estimate of drug-likeness (QED) is 0.493. The molecule has 0 amide bonds. The third-order valence-electron chi connectivity index (χ3n) is 1.34. The maximum absolute atomic E-state index is 10.7. The van der Waals surface area contributed by atoms with Crippen LogP contribution >= 0.6 is 0 Å². The topological polar surface area (TPSA) is 46.5 Å². The Morgan fingerprint density at radius 2 is 2.44 bits per heavy atom. The summed E-state index contributed by atoms with van der Waals surface area (Å²) in [5.74, 6) is 1.15. The van der Waals surface area contributed by atoms with Crippen LogP contribution in [-0.2, 0) is 11.2 Å². The monoisotopic (exact) mass is 148 g/mol. The summed E-state index contributed by atoms with van der Waals surface area (Å²) < 4.78 is 10.7. The van der Waals surface area contributed by atoms with Gasteiger partial charge in [0, 0.05) is 0 Å². The lowest BCUT2D eigenvalue weighted by atomic mass is 10.5. The molecule has 0 aromatic carbocycles. The van der Waals surface area contributed by atoms with Crippen LogP contribution in [0.5, 0.6) is 0 Å². The molecule has 2 atom stereocenters. The Kier molecular flexibility index (Phi) is 2.35. The molecule has 1 heterocycles. The van der Waals surface area contributed by atoms with Gasteiger partial charge in [0.2, 0.25) is 0 Å². The van der Waals surface area contributed by atoms with Gasteiger partial charge >= 0.3 is 0 Å². The fraction of sp³-hybridized carbons (Fsp3) is 0.800. The van der Waals surface area contributed by atoms with Gasteiger partial charge in [-0.1, -0.05) is 0 Å².